The van der Waals surface area contributed by atoms with E-state index in [0.717, 1.165) is 58.2 Å². The molecular weight excluding hydrogens is 590 g/mol. The van der Waals surface area contributed by atoms with Gasteiger partial charge >= 0.3 is 6.01 Å². The molecule has 2 aromatic heterocycles. The lowest BCUT2D eigenvalue weighted by molar-refractivity contribution is 0.108. The first-order valence-electron chi connectivity index (χ1n) is 15.2. The van der Waals surface area contributed by atoms with Crippen LogP contribution in [-0.2, 0) is 0 Å². The zero-order valence-corrected chi connectivity index (χ0v) is 25.7. The molecule has 0 radical (unpaired) electrons. The Kier molecular flexibility index (Phi) is 8.89. The molecule has 2 aliphatic heterocycles. The van der Waals surface area contributed by atoms with Crippen LogP contribution in [0.3, 0.4) is 0 Å². The monoisotopic (exact) mass is 626 g/mol. The van der Waals surface area contributed by atoms with E-state index in [2.05, 4.69) is 37.4 Å². The highest BCUT2D eigenvalue weighted by molar-refractivity contribution is 6.31. The number of fused-ring (bicyclic) bond motifs is 3. The van der Waals surface area contributed by atoms with E-state index in [0.29, 0.717) is 30.9 Å². The summed E-state index contributed by atoms with van der Waals surface area (Å²) < 4.78 is 43.9. The van der Waals surface area contributed by atoms with Crippen LogP contribution in [0.1, 0.15) is 45.4 Å². The predicted molar refractivity (Wildman–Crippen MR) is 168 cm³/mol. The number of methoxy groups -OCH3 is 1. The third-order valence-electron chi connectivity index (χ3n) is 8.75. The number of aromatic nitrogens is 3. The van der Waals surface area contributed by atoms with Gasteiger partial charge < -0.3 is 25.2 Å². The van der Waals surface area contributed by atoms with Gasteiger partial charge in [-0.1, -0.05) is 31.0 Å². The highest BCUT2D eigenvalue weighted by Crippen LogP contribution is 2.42. The zero-order chi connectivity index (χ0) is 30.8. The van der Waals surface area contributed by atoms with E-state index in [9.17, 15) is 5.11 Å². The van der Waals surface area contributed by atoms with Gasteiger partial charge in [0.2, 0.25) is 5.88 Å². The Morgan fingerprint density at radius 1 is 1.02 bits per heavy atom. The predicted octanol–water partition coefficient (Wildman–Crippen LogP) is 6.30. The van der Waals surface area contributed by atoms with Gasteiger partial charge in [-0.2, -0.15) is 9.97 Å². The zero-order valence-electron chi connectivity index (χ0n) is 25.0. The first-order chi connectivity index (χ1) is 21.3. The van der Waals surface area contributed by atoms with Crippen molar-refractivity contribution in [2.75, 3.05) is 51.8 Å². The molecule has 0 amide bonds. The lowest BCUT2D eigenvalue weighted by Crippen LogP contribution is -2.43. The summed E-state index contributed by atoms with van der Waals surface area (Å²) >= 11 is 6.11. The number of benzene rings is 2. The second kappa shape index (κ2) is 12.8. The standard InChI is InChI=1S/C32H37ClF2N6O3/c1-3-4-11-36-12-13-37-29-24-28(39-31(40-29)44-18-32-9-5-14-41(32)15-6-10-32)26(35)27(38-30(24)43-2)21-17-20(42)16-19-7-8-22(33)25(34)23(19)21/h7-8,16-17,36,42H,3-6,9-15,18H2,1-2H3,(H,37,39,40). The van der Waals surface area contributed by atoms with Crippen molar-refractivity contribution in [1.82, 2.24) is 25.2 Å². The number of unbranched alkanes of at least 4 members (excludes halogenated alkanes) is 1. The van der Waals surface area contributed by atoms with Gasteiger partial charge in [0.15, 0.2) is 5.82 Å². The molecule has 0 aliphatic carbocycles. The van der Waals surface area contributed by atoms with Crippen LogP contribution in [-0.4, -0.2) is 76.9 Å². The van der Waals surface area contributed by atoms with E-state index in [1.165, 1.54) is 25.3 Å². The summed E-state index contributed by atoms with van der Waals surface area (Å²) in [6.45, 7) is 6.66. The largest absolute Gasteiger partial charge is 0.508 e. The summed E-state index contributed by atoms with van der Waals surface area (Å²) in [7, 11) is 1.41. The maximum absolute atomic E-state index is 16.7. The van der Waals surface area contributed by atoms with Crippen LogP contribution in [0.2, 0.25) is 5.02 Å². The van der Waals surface area contributed by atoms with Crippen LogP contribution in [0, 0.1) is 11.6 Å². The van der Waals surface area contributed by atoms with E-state index in [1.807, 2.05) is 0 Å². The van der Waals surface area contributed by atoms with Crippen LogP contribution in [0.5, 0.6) is 17.6 Å². The molecule has 2 fully saturated rings. The molecule has 9 nitrogen and oxygen atoms in total. The van der Waals surface area contributed by atoms with Gasteiger partial charge in [0.05, 0.1) is 17.7 Å². The molecule has 44 heavy (non-hydrogen) atoms. The summed E-state index contributed by atoms with van der Waals surface area (Å²) in [5.41, 5.74) is -0.389. The Bertz CT molecular complexity index is 1680. The summed E-state index contributed by atoms with van der Waals surface area (Å²) in [6, 6.07) is 5.61. The van der Waals surface area contributed by atoms with Crippen molar-refractivity contribution < 1.29 is 23.4 Å². The SMILES string of the molecule is CCCCNCCNc1nc(OCC23CCCN2CCC3)nc2c(F)c(-c3cc(O)cc4ccc(Cl)c(F)c34)nc(OC)c12. The molecule has 4 aromatic rings. The minimum Gasteiger partial charge on any atom is -0.508 e. The van der Waals surface area contributed by atoms with Crippen LogP contribution in [0.15, 0.2) is 24.3 Å². The number of nitrogens with one attached hydrogen (secondary N) is 2. The summed E-state index contributed by atoms with van der Waals surface area (Å²) in [6.07, 6.45) is 6.44. The van der Waals surface area contributed by atoms with Crippen molar-refractivity contribution in [3.8, 4) is 28.9 Å². The second-order valence-corrected chi connectivity index (χ2v) is 12.0. The minimum absolute atomic E-state index is 0.0138. The number of hydrogen-bond donors (Lipinski definition) is 3. The van der Waals surface area contributed by atoms with Gasteiger partial charge in [0.25, 0.3) is 0 Å². The van der Waals surface area contributed by atoms with Crippen LogP contribution < -0.4 is 20.1 Å². The number of hydrogen-bond acceptors (Lipinski definition) is 9. The summed E-state index contributed by atoms with van der Waals surface area (Å²) in [5.74, 6) is -1.40. The van der Waals surface area contributed by atoms with Crippen LogP contribution >= 0.6 is 11.6 Å². The highest BCUT2D eigenvalue weighted by Gasteiger charge is 2.45. The van der Waals surface area contributed by atoms with E-state index >= 15 is 8.78 Å². The van der Waals surface area contributed by atoms with E-state index in [1.54, 1.807) is 6.07 Å². The molecule has 3 N–H and O–H groups in total. The Labute approximate surface area is 259 Å². The fourth-order valence-corrected chi connectivity index (χ4v) is 6.72. The minimum atomic E-state index is -0.829. The smallest absolute Gasteiger partial charge is 0.319 e. The molecule has 0 unspecified atom stereocenters. The number of ether oxygens (including phenoxy) is 2. The first kappa shape index (κ1) is 30.5. The molecule has 2 aromatic carbocycles. The third-order valence-corrected chi connectivity index (χ3v) is 9.05. The number of phenols is 1. The third kappa shape index (κ3) is 5.68. The topological polar surface area (TPSA) is 105 Å². The Morgan fingerprint density at radius 2 is 1.82 bits per heavy atom. The highest BCUT2D eigenvalue weighted by atomic mass is 35.5. The maximum Gasteiger partial charge on any atom is 0.319 e. The number of aromatic hydroxyl groups is 1. The lowest BCUT2D eigenvalue weighted by Gasteiger charge is -2.31. The van der Waals surface area contributed by atoms with Crippen molar-refractivity contribution in [3.05, 3.63) is 40.9 Å². The molecule has 6 rings (SSSR count). The number of nitrogens with zero attached hydrogens (tertiary/aromatic N) is 4. The van der Waals surface area contributed by atoms with Crippen molar-refractivity contribution in [1.29, 1.82) is 0 Å². The second-order valence-electron chi connectivity index (χ2n) is 11.6. The number of anilines is 1. The van der Waals surface area contributed by atoms with Gasteiger partial charge in [-0.05, 0) is 75.3 Å². The lowest BCUT2D eigenvalue weighted by atomic mass is 9.95. The average molecular weight is 627 g/mol. The summed E-state index contributed by atoms with van der Waals surface area (Å²) in [5, 5.41) is 17.6. The normalized spacial score (nSPS) is 16.1. The average Bonchev–Trinajstić information content (AvgIpc) is 3.60. The molecule has 2 saturated heterocycles. The first-order valence-corrected chi connectivity index (χ1v) is 15.6. The Balaban J connectivity index is 1.46. The van der Waals surface area contributed by atoms with Crippen LogP contribution in [0.4, 0.5) is 14.6 Å². The maximum atomic E-state index is 16.7. The van der Waals surface area contributed by atoms with Crippen molar-refractivity contribution >= 4 is 39.1 Å². The van der Waals surface area contributed by atoms with E-state index in [4.69, 9.17) is 21.1 Å². The fraction of sp³-hybridized carbons (Fsp3) is 0.469. The molecular formula is C32H37ClF2N6O3. The van der Waals surface area contributed by atoms with Gasteiger partial charge in [0.1, 0.15) is 40.6 Å². The molecule has 12 heteroatoms. The molecule has 234 valence electrons. The van der Waals surface area contributed by atoms with Crippen molar-refractivity contribution in [2.24, 2.45) is 0 Å². The van der Waals surface area contributed by atoms with Crippen molar-refractivity contribution in [2.45, 2.75) is 51.0 Å². The number of phenolic OH excluding ortho intramolecular Hbond substituents is 1. The van der Waals surface area contributed by atoms with Gasteiger partial charge in [-0.3, -0.25) is 4.90 Å². The Hall–Kier alpha value is -3.54. The number of halogens is 3. The van der Waals surface area contributed by atoms with E-state index < -0.39 is 11.6 Å². The van der Waals surface area contributed by atoms with Gasteiger partial charge in [-0.25, -0.2) is 13.8 Å². The molecule has 0 bridgehead atoms. The fourth-order valence-electron chi connectivity index (χ4n) is 6.56. The quantitative estimate of drug-likeness (QED) is 0.156. The molecule has 0 atom stereocenters. The van der Waals surface area contributed by atoms with Gasteiger partial charge in [0, 0.05) is 24.0 Å². The molecule has 0 saturated carbocycles. The number of pyridine rings is 1. The van der Waals surface area contributed by atoms with Crippen LogP contribution in [0.25, 0.3) is 32.9 Å². The van der Waals surface area contributed by atoms with E-state index in [-0.39, 0.29) is 55.7 Å². The van der Waals surface area contributed by atoms with Gasteiger partial charge in [-0.15, -0.1) is 0 Å². The van der Waals surface area contributed by atoms with Crippen molar-refractivity contribution in [3.63, 3.8) is 0 Å². The Morgan fingerprint density at radius 3 is 2.57 bits per heavy atom. The molecule has 0 spiro atoms. The summed E-state index contributed by atoms with van der Waals surface area (Å²) in [4.78, 5) is 16.1. The molecule has 4 heterocycles. The molecule has 2 aliphatic rings. The number of rotatable bonds is 12.